The topological polar surface area (TPSA) is 24.7 Å². The zero-order valence-electron chi connectivity index (χ0n) is 25.2. The fourth-order valence-corrected chi connectivity index (χ4v) is 4.96. The van der Waals surface area contributed by atoms with E-state index in [1.165, 1.54) is 107 Å². The summed E-state index contributed by atoms with van der Waals surface area (Å²) in [5.41, 5.74) is 7.23. The Morgan fingerprint density at radius 3 is 1.26 bits per heavy atom. The van der Waals surface area contributed by atoms with Crippen LogP contribution in [0.25, 0.3) is 0 Å². The van der Waals surface area contributed by atoms with Crippen LogP contribution in [0.2, 0.25) is 0 Å². The Hall–Kier alpha value is -2.22. The van der Waals surface area contributed by atoms with Gasteiger partial charge in [-0.15, -0.1) is 0 Å². The van der Waals surface area contributed by atoms with Crippen LogP contribution in [0.5, 0.6) is 0 Å². The first kappa shape index (κ1) is 32.0. The summed E-state index contributed by atoms with van der Waals surface area (Å²) in [6.45, 7) is 9.01. The van der Waals surface area contributed by atoms with Crippen molar-refractivity contribution in [3.05, 3.63) is 59.7 Å². The van der Waals surface area contributed by atoms with Crippen molar-refractivity contribution in [1.82, 2.24) is 0 Å². The van der Waals surface area contributed by atoms with E-state index in [0.717, 1.165) is 42.1 Å². The Balaban J connectivity index is 2.00. The van der Waals surface area contributed by atoms with E-state index >= 15 is 0 Å². The van der Waals surface area contributed by atoms with Crippen LogP contribution in [-0.4, -0.2) is 11.4 Å². The standard InChI is InChI=1S/C36H56N2/c1-5-9-12-14-16-18-20-31-23-27-33(28-24-31)37-35(8-4)36(22-11-7-3)38-34-29-25-32(26-30-34)21-19-17-15-13-10-6-2/h23-30H,5-22H2,1-4H3. The van der Waals surface area contributed by atoms with E-state index in [2.05, 4.69) is 76.2 Å². The van der Waals surface area contributed by atoms with Crippen LogP contribution in [0.15, 0.2) is 58.5 Å². The van der Waals surface area contributed by atoms with Crippen LogP contribution in [0.4, 0.5) is 11.4 Å². The molecule has 0 bridgehead atoms. The summed E-state index contributed by atoms with van der Waals surface area (Å²) >= 11 is 0. The van der Waals surface area contributed by atoms with E-state index in [1.54, 1.807) is 0 Å². The first-order valence-electron chi connectivity index (χ1n) is 16.0. The molecule has 0 amide bonds. The van der Waals surface area contributed by atoms with Gasteiger partial charge in [0.2, 0.25) is 0 Å². The van der Waals surface area contributed by atoms with E-state index in [1.807, 2.05) is 0 Å². The molecule has 0 aliphatic rings. The molecule has 0 fully saturated rings. The number of unbranched alkanes of at least 4 members (excludes halogenated alkanes) is 11. The maximum Gasteiger partial charge on any atom is 0.0633 e. The summed E-state index contributed by atoms with van der Waals surface area (Å²) in [4.78, 5) is 10.2. The summed E-state index contributed by atoms with van der Waals surface area (Å²) in [5, 5.41) is 0. The van der Waals surface area contributed by atoms with Gasteiger partial charge in [0, 0.05) is 0 Å². The third kappa shape index (κ3) is 13.5. The Kier molecular flexibility index (Phi) is 17.4. The summed E-state index contributed by atoms with van der Waals surface area (Å²) in [6.07, 6.45) is 22.7. The normalized spacial score (nSPS) is 12.3. The minimum atomic E-state index is 0.901. The van der Waals surface area contributed by atoms with Crippen molar-refractivity contribution in [2.24, 2.45) is 9.98 Å². The molecule has 0 aromatic heterocycles. The van der Waals surface area contributed by atoms with E-state index in [4.69, 9.17) is 9.98 Å². The van der Waals surface area contributed by atoms with Crippen molar-refractivity contribution in [2.75, 3.05) is 0 Å². The number of hydrogen-bond donors (Lipinski definition) is 0. The summed E-state index contributed by atoms with van der Waals surface area (Å²) < 4.78 is 0. The number of benzene rings is 2. The molecule has 0 saturated heterocycles. The van der Waals surface area contributed by atoms with Crippen LogP contribution in [0, 0.1) is 0 Å². The van der Waals surface area contributed by atoms with Crippen molar-refractivity contribution >= 4 is 22.8 Å². The third-order valence-corrected chi connectivity index (χ3v) is 7.47. The molecule has 2 aromatic rings. The average Bonchev–Trinajstić information content (AvgIpc) is 2.95. The molecule has 0 radical (unpaired) electrons. The van der Waals surface area contributed by atoms with Gasteiger partial charge in [0.15, 0.2) is 0 Å². The second-order valence-corrected chi connectivity index (χ2v) is 10.9. The smallest absolute Gasteiger partial charge is 0.0633 e. The molecule has 2 nitrogen and oxygen atoms in total. The largest absolute Gasteiger partial charge is 0.252 e. The molecule has 0 heterocycles. The van der Waals surface area contributed by atoms with Gasteiger partial charge in [-0.2, -0.15) is 0 Å². The summed E-state index contributed by atoms with van der Waals surface area (Å²) in [5.74, 6) is 0. The molecule has 0 saturated carbocycles. The van der Waals surface area contributed by atoms with Gasteiger partial charge in [-0.05, 0) is 80.3 Å². The quantitative estimate of drug-likeness (QED) is 0.116. The molecule has 0 N–H and O–H groups in total. The maximum atomic E-state index is 5.11. The SMILES string of the molecule is CCCCCCCCc1ccc(N=C(CC)C(CCCC)=Nc2ccc(CCCCCCCC)cc2)cc1. The number of nitrogens with zero attached hydrogens (tertiary/aromatic N) is 2. The number of aliphatic imine (C=N–C) groups is 2. The number of rotatable bonds is 21. The van der Waals surface area contributed by atoms with Gasteiger partial charge in [0.25, 0.3) is 0 Å². The molecule has 2 rings (SSSR count). The molecule has 2 aromatic carbocycles. The van der Waals surface area contributed by atoms with Crippen LogP contribution in [0.1, 0.15) is 142 Å². The molecular formula is C36H56N2. The lowest BCUT2D eigenvalue weighted by molar-refractivity contribution is 0.607. The predicted octanol–water partition coefficient (Wildman–Crippen LogP) is 11.9. The van der Waals surface area contributed by atoms with Crippen LogP contribution in [-0.2, 0) is 12.8 Å². The third-order valence-electron chi connectivity index (χ3n) is 7.47. The van der Waals surface area contributed by atoms with Gasteiger partial charge in [-0.25, -0.2) is 0 Å². The van der Waals surface area contributed by atoms with Gasteiger partial charge in [-0.3, -0.25) is 9.98 Å². The Bertz CT molecular complexity index is 905. The fourth-order valence-electron chi connectivity index (χ4n) is 4.96. The highest BCUT2D eigenvalue weighted by Gasteiger charge is 2.09. The minimum absolute atomic E-state index is 0.901. The molecular weight excluding hydrogens is 460 g/mol. The molecule has 0 aliphatic carbocycles. The Morgan fingerprint density at radius 1 is 0.447 bits per heavy atom. The zero-order chi connectivity index (χ0) is 27.3. The van der Waals surface area contributed by atoms with Crippen molar-refractivity contribution in [3.63, 3.8) is 0 Å². The average molecular weight is 517 g/mol. The second-order valence-electron chi connectivity index (χ2n) is 10.9. The van der Waals surface area contributed by atoms with E-state index < -0.39 is 0 Å². The highest BCUT2D eigenvalue weighted by atomic mass is 14.8. The van der Waals surface area contributed by atoms with Crippen LogP contribution in [0.3, 0.4) is 0 Å². The zero-order valence-corrected chi connectivity index (χ0v) is 25.2. The molecule has 0 spiro atoms. The van der Waals surface area contributed by atoms with E-state index in [-0.39, 0.29) is 0 Å². The molecule has 210 valence electrons. The Labute approximate surface area is 235 Å². The summed E-state index contributed by atoms with van der Waals surface area (Å²) in [7, 11) is 0. The van der Waals surface area contributed by atoms with Gasteiger partial charge in [0.05, 0.1) is 22.8 Å². The van der Waals surface area contributed by atoms with E-state index in [0.29, 0.717) is 0 Å². The predicted molar refractivity (Wildman–Crippen MR) is 171 cm³/mol. The van der Waals surface area contributed by atoms with Crippen molar-refractivity contribution in [1.29, 1.82) is 0 Å². The van der Waals surface area contributed by atoms with Gasteiger partial charge in [-0.1, -0.05) is 123 Å². The van der Waals surface area contributed by atoms with Gasteiger partial charge in [0.1, 0.15) is 0 Å². The molecule has 2 heteroatoms. The van der Waals surface area contributed by atoms with E-state index in [9.17, 15) is 0 Å². The van der Waals surface area contributed by atoms with Gasteiger partial charge < -0.3 is 0 Å². The first-order chi connectivity index (χ1) is 18.7. The molecule has 0 atom stereocenters. The summed E-state index contributed by atoms with van der Waals surface area (Å²) in [6, 6.07) is 17.9. The molecule has 0 unspecified atom stereocenters. The van der Waals surface area contributed by atoms with Crippen molar-refractivity contribution in [3.8, 4) is 0 Å². The first-order valence-corrected chi connectivity index (χ1v) is 16.0. The monoisotopic (exact) mass is 516 g/mol. The maximum absolute atomic E-state index is 5.11. The van der Waals surface area contributed by atoms with Crippen molar-refractivity contribution in [2.45, 2.75) is 143 Å². The lowest BCUT2D eigenvalue weighted by atomic mass is 10.0. The number of hydrogen-bond acceptors (Lipinski definition) is 2. The van der Waals surface area contributed by atoms with Gasteiger partial charge >= 0.3 is 0 Å². The molecule has 38 heavy (non-hydrogen) atoms. The van der Waals surface area contributed by atoms with Crippen LogP contribution < -0.4 is 0 Å². The highest BCUT2D eigenvalue weighted by molar-refractivity contribution is 6.43. The van der Waals surface area contributed by atoms with Crippen LogP contribution >= 0.6 is 0 Å². The highest BCUT2D eigenvalue weighted by Crippen LogP contribution is 2.21. The Morgan fingerprint density at radius 2 is 0.842 bits per heavy atom. The fraction of sp³-hybridized carbons (Fsp3) is 0.611. The minimum Gasteiger partial charge on any atom is -0.252 e. The number of aryl methyl sites for hydroxylation is 2. The lowest BCUT2D eigenvalue weighted by Crippen LogP contribution is -2.13. The van der Waals surface area contributed by atoms with Crippen molar-refractivity contribution < 1.29 is 0 Å². The second kappa shape index (κ2) is 20.7. The molecule has 0 aliphatic heterocycles. The lowest BCUT2D eigenvalue weighted by Gasteiger charge is -2.10.